The van der Waals surface area contributed by atoms with Crippen molar-refractivity contribution in [2.24, 2.45) is 5.92 Å². The number of nitrogens with zero attached hydrogens (tertiary/aromatic N) is 1. The smallest absolute Gasteiger partial charge is 0.229 e. The Labute approximate surface area is 153 Å². The van der Waals surface area contributed by atoms with Gasteiger partial charge in [0, 0.05) is 31.1 Å². The molecule has 0 radical (unpaired) electrons. The molecule has 1 atom stereocenters. The number of piperidine rings is 1. The van der Waals surface area contributed by atoms with Gasteiger partial charge in [-0.3, -0.25) is 4.79 Å². The summed E-state index contributed by atoms with van der Waals surface area (Å²) in [4.78, 5) is 16.2. The standard InChI is InChI=1S/C17H24N2O3S.ClH/c20-16(14-11-18-5-9-21-12-14)19-6-3-17(4-7-19)15-13(1-8-22-17)2-10-23-15;/h2,10,14,18H,1,3-9,11-12H2;1H. The van der Waals surface area contributed by atoms with Gasteiger partial charge in [0.05, 0.1) is 25.7 Å². The van der Waals surface area contributed by atoms with Crippen LogP contribution in [0.3, 0.4) is 0 Å². The van der Waals surface area contributed by atoms with Crippen LogP contribution in [0.4, 0.5) is 0 Å². The fourth-order valence-electron chi connectivity index (χ4n) is 3.94. The van der Waals surface area contributed by atoms with Crippen molar-refractivity contribution in [3.8, 4) is 0 Å². The van der Waals surface area contributed by atoms with E-state index in [9.17, 15) is 4.79 Å². The Morgan fingerprint density at radius 1 is 1.33 bits per heavy atom. The van der Waals surface area contributed by atoms with Gasteiger partial charge < -0.3 is 19.7 Å². The van der Waals surface area contributed by atoms with Crippen molar-refractivity contribution in [3.63, 3.8) is 0 Å². The summed E-state index contributed by atoms with van der Waals surface area (Å²) in [5.41, 5.74) is 1.30. The molecule has 4 rings (SSSR count). The maximum atomic E-state index is 12.7. The van der Waals surface area contributed by atoms with Crippen LogP contribution in [0.25, 0.3) is 0 Å². The second kappa shape index (κ2) is 7.70. The van der Waals surface area contributed by atoms with Crippen LogP contribution < -0.4 is 5.32 Å². The zero-order chi connectivity index (χ0) is 15.7. The van der Waals surface area contributed by atoms with Gasteiger partial charge in [-0.1, -0.05) is 0 Å². The predicted molar refractivity (Wildman–Crippen MR) is 95.9 cm³/mol. The number of carbonyl (C=O) groups is 1. The fourth-order valence-corrected chi connectivity index (χ4v) is 5.10. The van der Waals surface area contributed by atoms with E-state index in [-0.39, 0.29) is 29.8 Å². The summed E-state index contributed by atoms with van der Waals surface area (Å²) in [6.45, 7) is 5.17. The molecule has 0 bridgehead atoms. The monoisotopic (exact) mass is 372 g/mol. The van der Waals surface area contributed by atoms with Crippen LogP contribution in [0.5, 0.6) is 0 Å². The number of thiophene rings is 1. The van der Waals surface area contributed by atoms with Crippen molar-refractivity contribution in [1.29, 1.82) is 0 Å². The molecule has 0 saturated carbocycles. The lowest BCUT2D eigenvalue weighted by molar-refractivity contribution is -0.145. The molecule has 1 N–H and O–H groups in total. The van der Waals surface area contributed by atoms with E-state index in [1.165, 1.54) is 10.4 Å². The summed E-state index contributed by atoms with van der Waals surface area (Å²) < 4.78 is 11.8. The summed E-state index contributed by atoms with van der Waals surface area (Å²) in [7, 11) is 0. The Balaban J connectivity index is 0.00000169. The van der Waals surface area contributed by atoms with Gasteiger partial charge in [-0.15, -0.1) is 23.7 Å². The maximum Gasteiger partial charge on any atom is 0.229 e. The number of carbonyl (C=O) groups excluding carboxylic acids is 1. The molecule has 24 heavy (non-hydrogen) atoms. The zero-order valence-electron chi connectivity index (χ0n) is 13.8. The Kier molecular flexibility index (Phi) is 5.82. The van der Waals surface area contributed by atoms with Gasteiger partial charge in [0.1, 0.15) is 5.60 Å². The van der Waals surface area contributed by atoms with Crippen LogP contribution in [-0.4, -0.2) is 56.8 Å². The molecule has 1 unspecified atom stereocenters. The van der Waals surface area contributed by atoms with Gasteiger partial charge in [-0.25, -0.2) is 0 Å². The van der Waals surface area contributed by atoms with Crippen molar-refractivity contribution < 1.29 is 14.3 Å². The number of amides is 1. The number of halogens is 1. The number of ether oxygens (including phenoxy) is 2. The highest BCUT2D eigenvalue weighted by Gasteiger charge is 2.43. The summed E-state index contributed by atoms with van der Waals surface area (Å²) in [6.07, 6.45) is 2.84. The predicted octanol–water partition coefficient (Wildman–Crippen LogP) is 1.80. The van der Waals surface area contributed by atoms with Gasteiger partial charge in [0.2, 0.25) is 5.91 Å². The van der Waals surface area contributed by atoms with E-state index in [4.69, 9.17) is 9.47 Å². The van der Waals surface area contributed by atoms with Crippen LogP contribution in [0, 0.1) is 5.92 Å². The van der Waals surface area contributed by atoms with E-state index in [1.807, 2.05) is 16.2 Å². The van der Waals surface area contributed by atoms with Crippen molar-refractivity contribution in [2.45, 2.75) is 24.9 Å². The SMILES string of the molecule is Cl.O=C(C1CNCCOC1)N1CCC2(CC1)OCCc1ccsc12. The second-order valence-electron chi connectivity index (χ2n) is 6.67. The maximum absolute atomic E-state index is 12.7. The van der Waals surface area contributed by atoms with Crippen LogP contribution in [0.1, 0.15) is 23.3 Å². The van der Waals surface area contributed by atoms with E-state index in [0.29, 0.717) is 13.2 Å². The normalized spacial score (nSPS) is 26.3. The summed E-state index contributed by atoms with van der Waals surface area (Å²) in [6, 6.07) is 2.23. The van der Waals surface area contributed by atoms with Crippen LogP contribution in [-0.2, 0) is 26.3 Å². The molecule has 5 nitrogen and oxygen atoms in total. The number of nitrogens with one attached hydrogen (secondary N) is 1. The molecule has 2 fully saturated rings. The third-order valence-electron chi connectivity index (χ3n) is 5.28. The van der Waals surface area contributed by atoms with Crippen molar-refractivity contribution in [1.82, 2.24) is 10.2 Å². The van der Waals surface area contributed by atoms with Crippen LogP contribution >= 0.6 is 23.7 Å². The average Bonchev–Trinajstić information content (AvgIpc) is 2.91. The highest BCUT2D eigenvalue weighted by atomic mass is 35.5. The van der Waals surface area contributed by atoms with Crippen LogP contribution in [0.2, 0.25) is 0 Å². The summed E-state index contributed by atoms with van der Waals surface area (Å²) in [5, 5.41) is 5.46. The Hall–Kier alpha value is -0.660. The molecule has 1 amide bonds. The Morgan fingerprint density at radius 2 is 2.17 bits per heavy atom. The fraction of sp³-hybridized carbons (Fsp3) is 0.706. The molecular weight excluding hydrogens is 348 g/mol. The van der Waals surface area contributed by atoms with Gasteiger partial charge in [-0.05, 0) is 36.3 Å². The number of rotatable bonds is 1. The molecule has 3 aliphatic heterocycles. The average molecular weight is 373 g/mol. The number of likely N-dealkylation sites (tertiary alicyclic amines) is 1. The molecular formula is C17H25ClN2O3S. The first-order valence-corrected chi connectivity index (χ1v) is 9.44. The minimum atomic E-state index is -0.142. The third kappa shape index (κ3) is 3.35. The van der Waals surface area contributed by atoms with E-state index in [2.05, 4.69) is 16.8 Å². The van der Waals surface area contributed by atoms with Crippen molar-refractivity contribution >= 4 is 29.7 Å². The van der Waals surface area contributed by atoms with E-state index < -0.39 is 0 Å². The molecule has 7 heteroatoms. The number of hydrogen-bond acceptors (Lipinski definition) is 5. The highest BCUT2D eigenvalue weighted by molar-refractivity contribution is 7.10. The van der Waals surface area contributed by atoms with E-state index in [0.717, 1.165) is 52.0 Å². The molecule has 1 aromatic rings. The molecule has 134 valence electrons. The largest absolute Gasteiger partial charge is 0.379 e. The lowest BCUT2D eigenvalue weighted by atomic mass is 9.85. The van der Waals surface area contributed by atoms with Gasteiger partial charge in [-0.2, -0.15) is 0 Å². The molecule has 1 aromatic heterocycles. The van der Waals surface area contributed by atoms with Gasteiger partial charge >= 0.3 is 0 Å². The topological polar surface area (TPSA) is 50.8 Å². The molecule has 0 aliphatic carbocycles. The second-order valence-corrected chi connectivity index (χ2v) is 7.59. The van der Waals surface area contributed by atoms with Crippen LogP contribution in [0.15, 0.2) is 11.4 Å². The van der Waals surface area contributed by atoms with Crippen molar-refractivity contribution in [3.05, 3.63) is 21.9 Å². The molecule has 2 saturated heterocycles. The number of fused-ring (bicyclic) bond motifs is 2. The minimum absolute atomic E-state index is 0. The first-order chi connectivity index (χ1) is 11.3. The molecule has 3 aliphatic rings. The van der Waals surface area contributed by atoms with Crippen molar-refractivity contribution in [2.75, 3.05) is 46.0 Å². The Bertz CT molecular complexity index is 564. The summed E-state index contributed by atoms with van der Waals surface area (Å²) >= 11 is 1.81. The lowest BCUT2D eigenvalue weighted by Crippen LogP contribution is -2.50. The first-order valence-electron chi connectivity index (χ1n) is 8.57. The molecule has 0 aromatic carbocycles. The highest BCUT2D eigenvalue weighted by Crippen LogP contribution is 2.44. The first kappa shape index (κ1) is 18.1. The molecule has 4 heterocycles. The summed E-state index contributed by atoms with van der Waals surface area (Å²) in [5.74, 6) is 0.188. The van der Waals surface area contributed by atoms with E-state index >= 15 is 0 Å². The minimum Gasteiger partial charge on any atom is -0.379 e. The quantitative estimate of drug-likeness (QED) is 0.816. The third-order valence-corrected chi connectivity index (χ3v) is 6.42. The number of hydrogen-bond donors (Lipinski definition) is 1. The Morgan fingerprint density at radius 3 is 3.00 bits per heavy atom. The molecule has 1 spiro atoms. The van der Waals surface area contributed by atoms with E-state index in [1.54, 1.807) is 0 Å². The zero-order valence-corrected chi connectivity index (χ0v) is 15.4. The lowest BCUT2D eigenvalue weighted by Gasteiger charge is -2.44. The van der Waals surface area contributed by atoms with Gasteiger partial charge in [0.15, 0.2) is 0 Å². The van der Waals surface area contributed by atoms with Gasteiger partial charge in [0.25, 0.3) is 0 Å².